The second kappa shape index (κ2) is 9.65. The second-order valence-corrected chi connectivity index (χ2v) is 8.63. The molecule has 0 saturated carbocycles. The number of thiocarbonyl (C=S) groups is 1. The summed E-state index contributed by atoms with van der Waals surface area (Å²) in [7, 11) is 0. The molecule has 1 saturated heterocycles. The van der Waals surface area contributed by atoms with Crippen LogP contribution in [0, 0.1) is 0 Å². The molecule has 3 aromatic carbocycles. The Labute approximate surface area is 203 Å². The molecular weight excluding hydrogens is 512 g/mol. The maximum atomic E-state index is 13.2. The highest BCUT2D eigenvalue weighted by Crippen LogP contribution is 2.29. The van der Waals surface area contributed by atoms with Crippen LogP contribution in [-0.2, 0) is 16.2 Å². The number of nitrogens with one attached hydrogen (secondary N) is 1. The predicted octanol–water partition coefficient (Wildman–Crippen LogP) is 5.51. The lowest BCUT2D eigenvalue weighted by molar-refractivity contribution is -0.122. The Balaban J connectivity index is 1.67. The molecule has 0 aromatic heterocycles. The molecule has 8 heteroatoms. The van der Waals surface area contributed by atoms with Crippen LogP contribution >= 0.6 is 39.7 Å². The monoisotopic (exact) mass is 526 g/mol. The molecule has 0 atom stereocenters. The van der Waals surface area contributed by atoms with E-state index < -0.39 is 11.8 Å². The molecule has 3 aromatic rings. The van der Waals surface area contributed by atoms with Gasteiger partial charge in [0.05, 0.1) is 5.69 Å². The van der Waals surface area contributed by atoms with E-state index in [1.54, 1.807) is 42.5 Å². The summed E-state index contributed by atoms with van der Waals surface area (Å²) in [6.07, 6.45) is 1.51. The predicted molar refractivity (Wildman–Crippen MR) is 133 cm³/mol. The first-order valence-corrected chi connectivity index (χ1v) is 11.1. The van der Waals surface area contributed by atoms with Crippen LogP contribution < -0.4 is 15.0 Å². The number of rotatable bonds is 5. The Bertz CT molecular complexity index is 1250. The molecule has 1 fully saturated rings. The third-order valence-corrected chi connectivity index (χ3v) is 5.68. The number of anilines is 1. The van der Waals surface area contributed by atoms with Crippen molar-refractivity contribution >= 4 is 68.4 Å². The fourth-order valence-electron chi connectivity index (χ4n) is 3.18. The number of hydrogen-bond donors (Lipinski definition) is 1. The lowest BCUT2D eigenvalue weighted by Gasteiger charge is -2.29. The second-order valence-electron chi connectivity index (χ2n) is 6.89. The molecule has 0 bridgehead atoms. The van der Waals surface area contributed by atoms with Crippen LogP contribution in [0.15, 0.2) is 82.8 Å². The molecule has 1 N–H and O–H groups in total. The Morgan fingerprint density at radius 3 is 2.56 bits per heavy atom. The van der Waals surface area contributed by atoms with E-state index in [4.69, 9.17) is 28.6 Å². The van der Waals surface area contributed by atoms with Gasteiger partial charge in [-0.05, 0) is 66.3 Å². The number of ether oxygens (including phenoxy) is 1. The lowest BCUT2D eigenvalue weighted by atomic mass is 10.1. The summed E-state index contributed by atoms with van der Waals surface area (Å²) in [6.45, 7) is 0.277. The van der Waals surface area contributed by atoms with Gasteiger partial charge in [-0.3, -0.25) is 19.8 Å². The SMILES string of the molecule is O=C1NC(=S)N(c2ccccc2)C(=O)/C1=C\c1cc(Br)ccc1OCc1cccc(Cl)c1. The Morgan fingerprint density at radius 1 is 1.03 bits per heavy atom. The normalized spacial score (nSPS) is 15.1. The smallest absolute Gasteiger partial charge is 0.270 e. The third-order valence-electron chi connectivity index (χ3n) is 4.67. The van der Waals surface area contributed by atoms with Gasteiger partial charge in [0.1, 0.15) is 17.9 Å². The molecule has 1 aliphatic rings. The van der Waals surface area contributed by atoms with Gasteiger partial charge in [0.25, 0.3) is 11.8 Å². The fourth-order valence-corrected chi connectivity index (χ4v) is 4.05. The van der Waals surface area contributed by atoms with E-state index in [1.807, 2.05) is 30.3 Å². The van der Waals surface area contributed by atoms with Crippen LogP contribution in [0.4, 0.5) is 5.69 Å². The van der Waals surface area contributed by atoms with Gasteiger partial charge in [-0.2, -0.15) is 0 Å². The molecule has 0 spiro atoms. The van der Waals surface area contributed by atoms with Crippen molar-refractivity contribution in [3.63, 3.8) is 0 Å². The third kappa shape index (κ3) is 4.91. The first-order valence-electron chi connectivity index (χ1n) is 9.55. The molecule has 32 heavy (non-hydrogen) atoms. The Kier molecular flexibility index (Phi) is 6.69. The Morgan fingerprint density at radius 2 is 1.81 bits per heavy atom. The van der Waals surface area contributed by atoms with Crippen LogP contribution in [0.2, 0.25) is 5.02 Å². The van der Waals surface area contributed by atoms with Gasteiger partial charge >= 0.3 is 0 Å². The number of amides is 2. The van der Waals surface area contributed by atoms with Crippen LogP contribution in [0.1, 0.15) is 11.1 Å². The highest BCUT2D eigenvalue weighted by atomic mass is 79.9. The zero-order chi connectivity index (χ0) is 22.7. The molecule has 1 heterocycles. The van der Waals surface area contributed by atoms with Gasteiger partial charge in [-0.15, -0.1) is 0 Å². The van der Waals surface area contributed by atoms with Crippen molar-refractivity contribution in [2.45, 2.75) is 6.61 Å². The number of carbonyl (C=O) groups excluding carboxylic acids is 2. The topological polar surface area (TPSA) is 58.6 Å². The van der Waals surface area contributed by atoms with Crippen molar-refractivity contribution < 1.29 is 14.3 Å². The van der Waals surface area contributed by atoms with Crippen molar-refractivity contribution in [1.29, 1.82) is 0 Å². The summed E-state index contributed by atoms with van der Waals surface area (Å²) in [4.78, 5) is 27.1. The minimum Gasteiger partial charge on any atom is -0.488 e. The van der Waals surface area contributed by atoms with E-state index in [0.717, 1.165) is 10.0 Å². The summed E-state index contributed by atoms with van der Waals surface area (Å²) < 4.78 is 6.75. The van der Waals surface area contributed by atoms with Gasteiger partial charge in [0, 0.05) is 15.1 Å². The number of carbonyl (C=O) groups is 2. The fraction of sp³-hybridized carbons (Fsp3) is 0.0417. The number of hydrogen-bond acceptors (Lipinski definition) is 4. The summed E-state index contributed by atoms with van der Waals surface area (Å²) in [5.74, 6) is -0.556. The Hall–Kier alpha value is -3.00. The van der Waals surface area contributed by atoms with E-state index in [9.17, 15) is 9.59 Å². The minimum absolute atomic E-state index is 0.0371. The van der Waals surface area contributed by atoms with E-state index in [-0.39, 0.29) is 17.3 Å². The number of para-hydroxylation sites is 1. The van der Waals surface area contributed by atoms with Crippen LogP contribution in [0.5, 0.6) is 5.75 Å². The zero-order valence-electron chi connectivity index (χ0n) is 16.5. The number of nitrogens with zero attached hydrogens (tertiary/aromatic N) is 1. The maximum absolute atomic E-state index is 13.2. The maximum Gasteiger partial charge on any atom is 0.270 e. The van der Waals surface area contributed by atoms with Crippen molar-refractivity contribution in [2.75, 3.05) is 4.90 Å². The molecule has 0 radical (unpaired) electrons. The van der Waals surface area contributed by atoms with Crippen molar-refractivity contribution in [3.8, 4) is 5.75 Å². The molecule has 160 valence electrons. The van der Waals surface area contributed by atoms with E-state index >= 15 is 0 Å². The minimum atomic E-state index is -0.562. The molecule has 5 nitrogen and oxygen atoms in total. The number of halogens is 2. The number of benzene rings is 3. The van der Waals surface area contributed by atoms with Gasteiger partial charge in [-0.25, -0.2) is 0 Å². The van der Waals surface area contributed by atoms with E-state index in [1.165, 1.54) is 11.0 Å². The van der Waals surface area contributed by atoms with Crippen molar-refractivity contribution in [2.24, 2.45) is 0 Å². The lowest BCUT2D eigenvalue weighted by Crippen LogP contribution is -2.54. The van der Waals surface area contributed by atoms with E-state index in [2.05, 4.69) is 21.2 Å². The van der Waals surface area contributed by atoms with Gasteiger partial charge < -0.3 is 4.74 Å². The van der Waals surface area contributed by atoms with Crippen molar-refractivity contribution in [3.05, 3.63) is 99.0 Å². The largest absolute Gasteiger partial charge is 0.488 e. The molecule has 0 aliphatic carbocycles. The van der Waals surface area contributed by atoms with Crippen LogP contribution in [-0.4, -0.2) is 16.9 Å². The average Bonchev–Trinajstić information content (AvgIpc) is 2.77. The summed E-state index contributed by atoms with van der Waals surface area (Å²) >= 11 is 14.7. The average molecular weight is 528 g/mol. The van der Waals surface area contributed by atoms with Crippen LogP contribution in [0.25, 0.3) is 6.08 Å². The van der Waals surface area contributed by atoms with Crippen molar-refractivity contribution in [1.82, 2.24) is 5.32 Å². The summed E-state index contributed by atoms with van der Waals surface area (Å²) in [6, 6.07) is 21.6. The molecule has 2 amide bonds. The summed E-state index contributed by atoms with van der Waals surface area (Å²) in [5.41, 5.74) is 1.99. The van der Waals surface area contributed by atoms with Crippen LogP contribution in [0.3, 0.4) is 0 Å². The van der Waals surface area contributed by atoms with Gasteiger partial charge in [0.15, 0.2) is 5.11 Å². The summed E-state index contributed by atoms with van der Waals surface area (Å²) in [5, 5.41) is 3.24. The molecule has 1 aliphatic heterocycles. The quantitative estimate of drug-likeness (QED) is 0.270. The molecular formula is C24H16BrClN2O3S. The zero-order valence-corrected chi connectivity index (χ0v) is 19.7. The van der Waals surface area contributed by atoms with Gasteiger partial charge in [0.2, 0.25) is 0 Å². The standard InChI is InChI=1S/C24H16BrClN2O3S/c25-17-9-10-21(31-14-15-5-4-6-18(26)11-15)16(12-17)13-20-22(29)27-24(32)28(23(20)30)19-7-2-1-3-8-19/h1-13H,14H2,(H,27,29,32)/b20-13-. The first kappa shape index (κ1) is 22.2. The van der Waals surface area contributed by atoms with Gasteiger partial charge in [-0.1, -0.05) is 57.9 Å². The highest BCUT2D eigenvalue weighted by Gasteiger charge is 2.34. The first-order chi connectivity index (χ1) is 15.4. The van der Waals surface area contributed by atoms with E-state index in [0.29, 0.717) is 22.0 Å². The molecule has 0 unspecified atom stereocenters. The highest BCUT2D eigenvalue weighted by molar-refractivity contribution is 9.10. The molecule has 4 rings (SSSR count).